The molecule has 1 aliphatic heterocycles. The summed E-state index contributed by atoms with van der Waals surface area (Å²) in [4.78, 5) is 0. The average molecular weight is 154 g/mol. The number of nitrogens with one attached hydrogen (secondary N) is 1. The summed E-state index contributed by atoms with van der Waals surface area (Å²) in [5.74, 6) is 2.66. The number of thioether (sulfide) groups is 1. The molecule has 1 heterocycles. The molecule has 0 aromatic heterocycles. The van der Waals surface area contributed by atoms with Crippen LogP contribution < -0.4 is 5.32 Å². The Morgan fingerprint density at radius 3 is 2.88 bits per heavy atom. The van der Waals surface area contributed by atoms with E-state index in [4.69, 9.17) is 0 Å². The van der Waals surface area contributed by atoms with Crippen LogP contribution in [0.25, 0.3) is 0 Å². The molecule has 1 rings (SSSR count). The molecule has 0 bridgehead atoms. The van der Waals surface area contributed by atoms with Crippen LogP contribution in [0.2, 0.25) is 0 Å². The van der Waals surface area contributed by atoms with E-state index in [9.17, 15) is 0 Å². The number of halogens is 1. The Labute approximate surface area is 61.0 Å². The van der Waals surface area contributed by atoms with Crippen molar-refractivity contribution in [3.05, 3.63) is 0 Å². The Morgan fingerprint density at radius 1 is 1.12 bits per heavy atom. The zero-order valence-corrected chi connectivity index (χ0v) is 6.49. The second kappa shape index (κ2) is 5.73. The molecule has 0 atom stereocenters. The minimum absolute atomic E-state index is 0. The molecule has 3 heteroatoms. The molecule has 0 aliphatic carbocycles. The minimum Gasteiger partial charge on any atom is -0.316 e. The summed E-state index contributed by atoms with van der Waals surface area (Å²) in [6.07, 6.45) is 1.35. The van der Waals surface area contributed by atoms with Crippen LogP contribution in [0.1, 0.15) is 6.42 Å². The first-order valence-electron chi connectivity index (χ1n) is 2.78. The zero-order chi connectivity index (χ0) is 4.95. The van der Waals surface area contributed by atoms with Gasteiger partial charge < -0.3 is 5.32 Å². The predicted octanol–water partition coefficient (Wildman–Crippen LogP) is 1.13. The van der Waals surface area contributed by atoms with E-state index in [0.717, 1.165) is 0 Å². The van der Waals surface area contributed by atoms with Crippen molar-refractivity contribution < 1.29 is 0 Å². The Balaban J connectivity index is 0.000000490. The average Bonchev–Trinajstić information content (AvgIpc) is 1.90. The fourth-order valence-corrected chi connectivity index (χ4v) is 1.51. The van der Waals surface area contributed by atoms with E-state index >= 15 is 0 Å². The van der Waals surface area contributed by atoms with Crippen LogP contribution in [-0.4, -0.2) is 24.6 Å². The van der Waals surface area contributed by atoms with Crippen molar-refractivity contribution >= 4 is 24.2 Å². The summed E-state index contributed by atoms with van der Waals surface area (Å²) in [7, 11) is 0. The maximum atomic E-state index is 3.33. The minimum atomic E-state index is 0. The van der Waals surface area contributed by atoms with Crippen molar-refractivity contribution in [1.29, 1.82) is 0 Å². The first kappa shape index (κ1) is 8.60. The fraction of sp³-hybridized carbons (Fsp3) is 1.00. The van der Waals surface area contributed by atoms with Crippen LogP contribution in [0.5, 0.6) is 0 Å². The van der Waals surface area contributed by atoms with E-state index in [1.54, 1.807) is 0 Å². The number of rotatable bonds is 0. The number of hydrogen-bond donors (Lipinski definition) is 1. The smallest absolute Gasteiger partial charge is 0.00581 e. The molecule has 0 aromatic carbocycles. The van der Waals surface area contributed by atoms with Crippen LogP contribution in [0.4, 0.5) is 0 Å². The van der Waals surface area contributed by atoms with E-state index < -0.39 is 0 Å². The quantitative estimate of drug-likeness (QED) is 0.560. The monoisotopic (exact) mass is 153 g/mol. The summed E-state index contributed by atoms with van der Waals surface area (Å²) in [5.41, 5.74) is 0. The van der Waals surface area contributed by atoms with Crippen molar-refractivity contribution in [2.75, 3.05) is 24.6 Å². The second-order valence-electron chi connectivity index (χ2n) is 1.72. The van der Waals surface area contributed by atoms with E-state index in [0.29, 0.717) is 0 Å². The van der Waals surface area contributed by atoms with Crippen LogP contribution in [-0.2, 0) is 0 Å². The summed E-state index contributed by atoms with van der Waals surface area (Å²) >= 11 is 2.05. The molecule has 1 N–H and O–H groups in total. The molecule has 1 fully saturated rings. The Hall–Kier alpha value is 0.600. The van der Waals surface area contributed by atoms with E-state index in [1.165, 1.54) is 31.0 Å². The van der Waals surface area contributed by atoms with E-state index in [1.807, 2.05) is 0 Å². The zero-order valence-electron chi connectivity index (χ0n) is 4.85. The SMILES string of the molecule is C1CNCCSC1.Cl. The number of hydrogen-bond acceptors (Lipinski definition) is 2. The van der Waals surface area contributed by atoms with E-state index in [2.05, 4.69) is 17.1 Å². The van der Waals surface area contributed by atoms with Crippen LogP contribution in [0.3, 0.4) is 0 Å². The highest BCUT2D eigenvalue weighted by molar-refractivity contribution is 7.99. The van der Waals surface area contributed by atoms with Crippen LogP contribution in [0, 0.1) is 0 Å². The molecule has 8 heavy (non-hydrogen) atoms. The van der Waals surface area contributed by atoms with Gasteiger partial charge in [0.2, 0.25) is 0 Å². The van der Waals surface area contributed by atoms with Gasteiger partial charge in [0, 0.05) is 12.3 Å². The molecular weight excluding hydrogens is 142 g/mol. The Kier molecular flexibility index (Phi) is 6.16. The third-order valence-electron chi connectivity index (χ3n) is 1.07. The molecule has 0 saturated carbocycles. The molecule has 0 aromatic rings. The van der Waals surface area contributed by atoms with Crippen molar-refractivity contribution in [2.45, 2.75) is 6.42 Å². The lowest BCUT2D eigenvalue weighted by atomic mass is 10.5. The van der Waals surface area contributed by atoms with Gasteiger partial charge in [-0.3, -0.25) is 0 Å². The lowest BCUT2D eigenvalue weighted by molar-refractivity contribution is 0.724. The first-order chi connectivity index (χ1) is 3.50. The molecule has 50 valence electrons. The van der Waals surface area contributed by atoms with Gasteiger partial charge in [0.1, 0.15) is 0 Å². The fourth-order valence-electron chi connectivity index (χ4n) is 0.671. The van der Waals surface area contributed by atoms with Gasteiger partial charge in [-0.15, -0.1) is 12.4 Å². The van der Waals surface area contributed by atoms with Crippen molar-refractivity contribution in [3.8, 4) is 0 Å². The van der Waals surface area contributed by atoms with Gasteiger partial charge in [-0.25, -0.2) is 0 Å². The van der Waals surface area contributed by atoms with Crippen molar-refractivity contribution in [3.63, 3.8) is 0 Å². The molecule has 0 unspecified atom stereocenters. The first-order valence-corrected chi connectivity index (χ1v) is 3.94. The maximum absolute atomic E-state index is 3.33. The second-order valence-corrected chi connectivity index (χ2v) is 2.94. The lowest BCUT2D eigenvalue weighted by Crippen LogP contribution is -2.15. The van der Waals surface area contributed by atoms with Crippen molar-refractivity contribution in [1.82, 2.24) is 5.32 Å². The van der Waals surface area contributed by atoms with Gasteiger partial charge in [-0.05, 0) is 18.7 Å². The largest absolute Gasteiger partial charge is 0.316 e. The summed E-state index contributed by atoms with van der Waals surface area (Å²) in [6, 6.07) is 0. The van der Waals surface area contributed by atoms with Gasteiger partial charge in [0.25, 0.3) is 0 Å². The molecule has 0 radical (unpaired) electrons. The topological polar surface area (TPSA) is 12.0 Å². The molecular formula is C5H12ClNS. The van der Waals surface area contributed by atoms with Crippen molar-refractivity contribution in [2.24, 2.45) is 0 Å². The summed E-state index contributed by atoms with van der Waals surface area (Å²) in [6.45, 7) is 2.44. The highest BCUT2D eigenvalue weighted by Gasteiger charge is 1.94. The summed E-state index contributed by atoms with van der Waals surface area (Å²) < 4.78 is 0. The van der Waals surface area contributed by atoms with Gasteiger partial charge >= 0.3 is 0 Å². The third kappa shape index (κ3) is 3.58. The maximum Gasteiger partial charge on any atom is 0.00581 e. The molecule has 0 amide bonds. The summed E-state index contributed by atoms with van der Waals surface area (Å²) in [5, 5.41) is 3.33. The molecule has 0 spiro atoms. The van der Waals surface area contributed by atoms with Gasteiger partial charge in [-0.1, -0.05) is 0 Å². The van der Waals surface area contributed by atoms with Crippen LogP contribution >= 0.6 is 24.2 Å². The molecule has 1 aliphatic rings. The van der Waals surface area contributed by atoms with Gasteiger partial charge in [0.15, 0.2) is 0 Å². The lowest BCUT2D eigenvalue weighted by Gasteiger charge is -1.91. The standard InChI is InChI=1S/C5H11NS.ClH/c1-2-6-3-5-7-4-1;/h6H,1-5H2;1H. The Morgan fingerprint density at radius 2 is 2.00 bits per heavy atom. The normalized spacial score (nSPS) is 21.0. The third-order valence-corrected chi connectivity index (χ3v) is 2.14. The highest BCUT2D eigenvalue weighted by atomic mass is 35.5. The van der Waals surface area contributed by atoms with Gasteiger partial charge in [0.05, 0.1) is 0 Å². The highest BCUT2D eigenvalue weighted by Crippen LogP contribution is 2.02. The Bertz CT molecular complexity index is 32.0. The van der Waals surface area contributed by atoms with Gasteiger partial charge in [-0.2, -0.15) is 11.8 Å². The molecule has 1 saturated heterocycles. The molecule has 1 nitrogen and oxygen atoms in total. The van der Waals surface area contributed by atoms with E-state index in [-0.39, 0.29) is 12.4 Å². The van der Waals surface area contributed by atoms with Crippen LogP contribution in [0.15, 0.2) is 0 Å². The predicted molar refractivity (Wildman–Crippen MR) is 42.1 cm³/mol.